The molecule has 4 nitrogen and oxygen atoms in total. The topological polar surface area (TPSA) is 57.6 Å². The number of piperidine rings is 1. The second-order valence-corrected chi connectivity index (χ2v) is 6.11. The highest BCUT2D eigenvalue weighted by molar-refractivity contribution is 5.97. The number of aliphatic hydroxyl groups is 1. The number of aliphatic hydroxyl groups excluding tert-OH is 1. The first kappa shape index (κ1) is 13.5. The van der Waals surface area contributed by atoms with Crippen molar-refractivity contribution in [1.29, 1.82) is 0 Å². The van der Waals surface area contributed by atoms with Crippen molar-refractivity contribution in [3.05, 3.63) is 0 Å². The van der Waals surface area contributed by atoms with E-state index in [2.05, 4.69) is 0 Å². The van der Waals surface area contributed by atoms with Crippen LogP contribution in [0.25, 0.3) is 0 Å². The van der Waals surface area contributed by atoms with E-state index in [0.29, 0.717) is 19.4 Å². The standard InChI is InChI=1S/C14H23NO3/c1-11-7-12(17)15(13(18)8-11)9-14(10-16)5-3-2-4-6-14/h11,16H,2-10H2,1H3. The lowest BCUT2D eigenvalue weighted by atomic mass is 9.74. The highest BCUT2D eigenvalue weighted by atomic mass is 16.3. The van der Waals surface area contributed by atoms with Gasteiger partial charge in [0.1, 0.15) is 0 Å². The molecule has 0 bridgehead atoms. The SMILES string of the molecule is CC1CC(=O)N(CC2(CO)CCCCC2)C(=O)C1. The summed E-state index contributed by atoms with van der Waals surface area (Å²) in [6, 6.07) is 0. The van der Waals surface area contributed by atoms with Gasteiger partial charge in [-0.1, -0.05) is 26.2 Å². The Morgan fingerprint density at radius 3 is 2.22 bits per heavy atom. The first-order valence-corrected chi connectivity index (χ1v) is 7.00. The van der Waals surface area contributed by atoms with Crippen molar-refractivity contribution < 1.29 is 14.7 Å². The van der Waals surface area contributed by atoms with Crippen LogP contribution in [0.1, 0.15) is 51.9 Å². The summed E-state index contributed by atoms with van der Waals surface area (Å²) in [5.41, 5.74) is -0.232. The van der Waals surface area contributed by atoms with Gasteiger partial charge in [-0.25, -0.2) is 0 Å². The number of amides is 2. The fraction of sp³-hybridized carbons (Fsp3) is 0.857. The minimum atomic E-state index is -0.232. The first-order chi connectivity index (χ1) is 8.56. The second-order valence-electron chi connectivity index (χ2n) is 6.11. The van der Waals surface area contributed by atoms with Gasteiger partial charge in [0.2, 0.25) is 11.8 Å². The lowest BCUT2D eigenvalue weighted by molar-refractivity contribution is -0.152. The Hall–Kier alpha value is -0.900. The summed E-state index contributed by atoms with van der Waals surface area (Å²) in [6.45, 7) is 2.45. The van der Waals surface area contributed by atoms with Gasteiger partial charge in [0.15, 0.2) is 0 Å². The van der Waals surface area contributed by atoms with Gasteiger partial charge in [-0.3, -0.25) is 14.5 Å². The third-order valence-electron chi connectivity index (χ3n) is 4.39. The number of hydrogen-bond donors (Lipinski definition) is 1. The van der Waals surface area contributed by atoms with E-state index < -0.39 is 0 Å². The van der Waals surface area contributed by atoms with Crippen molar-refractivity contribution in [2.45, 2.75) is 51.9 Å². The van der Waals surface area contributed by atoms with Gasteiger partial charge in [-0.2, -0.15) is 0 Å². The predicted octanol–water partition coefficient (Wildman–Crippen LogP) is 1.71. The number of carbonyl (C=O) groups excluding carboxylic acids is 2. The predicted molar refractivity (Wildman–Crippen MR) is 67.7 cm³/mol. The van der Waals surface area contributed by atoms with Gasteiger partial charge in [0.05, 0.1) is 6.61 Å². The molecule has 0 aromatic carbocycles. The zero-order chi connectivity index (χ0) is 13.2. The molecule has 0 spiro atoms. The number of hydrogen-bond acceptors (Lipinski definition) is 3. The lowest BCUT2D eigenvalue weighted by Crippen LogP contribution is -2.50. The number of imide groups is 1. The van der Waals surface area contributed by atoms with Crippen molar-refractivity contribution >= 4 is 11.8 Å². The summed E-state index contributed by atoms with van der Waals surface area (Å²) in [5, 5.41) is 9.65. The van der Waals surface area contributed by atoms with Crippen LogP contribution < -0.4 is 0 Å². The molecule has 0 aromatic rings. The molecule has 18 heavy (non-hydrogen) atoms. The van der Waals surface area contributed by atoms with Crippen molar-refractivity contribution in [3.63, 3.8) is 0 Å². The van der Waals surface area contributed by atoms with E-state index in [0.717, 1.165) is 25.7 Å². The zero-order valence-electron chi connectivity index (χ0n) is 11.2. The minimum absolute atomic E-state index is 0.0582. The number of likely N-dealkylation sites (tertiary alicyclic amines) is 1. The van der Waals surface area contributed by atoms with Crippen LogP contribution in [-0.2, 0) is 9.59 Å². The summed E-state index contributed by atoms with van der Waals surface area (Å²) in [5.74, 6) is 0.0481. The Labute approximate surface area is 108 Å². The van der Waals surface area contributed by atoms with Gasteiger partial charge in [-0.15, -0.1) is 0 Å². The van der Waals surface area contributed by atoms with E-state index in [1.165, 1.54) is 11.3 Å². The molecule has 1 aliphatic heterocycles. The molecule has 0 unspecified atom stereocenters. The van der Waals surface area contributed by atoms with Gasteiger partial charge in [0, 0.05) is 24.8 Å². The van der Waals surface area contributed by atoms with Crippen LogP contribution in [0.3, 0.4) is 0 Å². The number of nitrogens with zero attached hydrogens (tertiary/aromatic N) is 1. The Kier molecular flexibility index (Phi) is 4.05. The summed E-state index contributed by atoms with van der Waals surface area (Å²) in [6.07, 6.45) is 6.16. The molecule has 1 heterocycles. The fourth-order valence-electron chi connectivity index (χ4n) is 3.21. The molecular weight excluding hydrogens is 230 g/mol. The number of rotatable bonds is 3. The van der Waals surface area contributed by atoms with Crippen LogP contribution >= 0.6 is 0 Å². The Morgan fingerprint density at radius 2 is 1.72 bits per heavy atom. The summed E-state index contributed by atoms with van der Waals surface area (Å²) >= 11 is 0. The lowest BCUT2D eigenvalue weighted by Gasteiger charge is -2.40. The summed E-state index contributed by atoms with van der Waals surface area (Å²) in [7, 11) is 0. The normalized spacial score (nSPS) is 25.6. The minimum Gasteiger partial charge on any atom is -0.396 e. The van der Waals surface area contributed by atoms with Crippen LogP contribution in [0.4, 0.5) is 0 Å². The molecule has 4 heteroatoms. The third kappa shape index (κ3) is 2.74. The molecule has 1 saturated carbocycles. The number of carbonyl (C=O) groups is 2. The van der Waals surface area contributed by atoms with Crippen molar-refractivity contribution in [2.75, 3.05) is 13.2 Å². The van der Waals surface area contributed by atoms with Crippen LogP contribution in [0.5, 0.6) is 0 Å². The third-order valence-corrected chi connectivity index (χ3v) is 4.39. The molecule has 0 aromatic heterocycles. The van der Waals surface area contributed by atoms with Gasteiger partial charge in [-0.05, 0) is 18.8 Å². The van der Waals surface area contributed by atoms with Crippen LogP contribution in [0.15, 0.2) is 0 Å². The molecule has 2 rings (SSSR count). The summed E-state index contributed by atoms with van der Waals surface area (Å²) < 4.78 is 0. The van der Waals surface area contributed by atoms with Crippen molar-refractivity contribution in [2.24, 2.45) is 11.3 Å². The molecule has 2 amide bonds. The summed E-state index contributed by atoms with van der Waals surface area (Å²) in [4.78, 5) is 25.3. The Bertz CT molecular complexity index is 316. The van der Waals surface area contributed by atoms with Gasteiger partial charge >= 0.3 is 0 Å². The molecule has 2 fully saturated rings. The molecule has 102 valence electrons. The van der Waals surface area contributed by atoms with E-state index in [-0.39, 0.29) is 29.8 Å². The second kappa shape index (κ2) is 5.39. The van der Waals surface area contributed by atoms with E-state index in [4.69, 9.17) is 0 Å². The van der Waals surface area contributed by atoms with Crippen LogP contribution in [0.2, 0.25) is 0 Å². The zero-order valence-corrected chi connectivity index (χ0v) is 11.2. The molecule has 1 saturated heterocycles. The quantitative estimate of drug-likeness (QED) is 0.779. The Morgan fingerprint density at radius 1 is 1.17 bits per heavy atom. The maximum absolute atomic E-state index is 12.0. The van der Waals surface area contributed by atoms with Crippen molar-refractivity contribution in [3.8, 4) is 0 Å². The highest BCUT2D eigenvalue weighted by Gasteiger charge is 2.39. The van der Waals surface area contributed by atoms with E-state index in [9.17, 15) is 14.7 Å². The maximum Gasteiger partial charge on any atom is 0.229 e. The average Bonchev–Trinajstić information content (AvgIpc) is 2.35. The smallest absolute Gasteiger partial charge is 0.229 e. The highest BCUT2D eigenvalue weighted by Crippen LogP contribution is 2.37. The molecule has 0 atom stereocenters. The monoisotopic (exact) mass is 253 g/mol. The first-order valence-electron chi connectivity index (χ1n) is 7.00. The van der Waals surface area contributed by atoms with Gasteiger partial charge in [0.25, 0.3) is 0 Å². The van der Waals surface area contributed by atoms with Crippen LogP contribution in [-0.4, -0.2) is 35.0 Å². The van der Waals surface area contributed by atoms with E-state index in [1.54, 1.807) is 0 Å². The molecule has 2 aliphatic rings. The fourth-order valence-corrected chi connectivity index (χ4v) is 3.21. The molecule has 1 aliphatic carbocycles. The van der Waals surface area contributed by atoms with E-state index >= 15 is 0 Å². The average molecular weight is 253 g/mol. The maximum atomic E-state index is 12.0. The van der Waals surface area contributed by atoms with E-state index in [1.807, 2.05) is 6.92 Å². The Balaban J connectivity index is 2.06. The van der Waals surface area contributed by atoms with Gasteiger partial charge < -0.3 is 5.11 Å². The molecule has 0 radical (unpaired) electrons. The molecular formula is C14H23NO3. The largest absolute Gasteiger partial charge is 0.396 e. The molecule has 1 N–H and O–H groups in total. The van der Waals surface area contributed by atoms with Crippen LogP contribution in [0, 0.1) is 11.3 Å². The van der Waals surface area contributed by atoms with Crippen molar-refractivity contribution in [1.82, 2.24) is 4.90 Å².